The number of para-hydroxylation sites is 1. The number of aliphatic hydroxyl groups is 1. The van der Waals surface area contributed by atoms with Crippen molar-refractivity contribution in [3.05, 3.63) is 40.9 Å². The van der Waals surface area contributed by atoms with Crippen LogP contribution in [0, 0.1) is 4.77 Å². The van der Waals surface area contributed by atoms with Gasteiger partial charge in [-0.1, -0.05) is 25.1 Å². The zero-order chi connectivity index (χ0) is 16.9. The van der Waals surface area contributed by atoms with Gasteiger partial charge in [0.1, 0.15) is 6.61 Å². The highest BCUT2D eigenvalue weighted by Gasteiger charge is 2.19. The fourth-order valence-electron chi connectivity index (χ4n) is 3.12. The summed E-state index contributed by atoms with van der Waals surface area (Å²) in [6.45, 7) is 7.47. The van der Waals surface area contributed by atoms with Gasteiger partial charge in [0.25, 0.3) is 0 Å². The summed E-state index contributed by atoms with van der Waals surface area (Å²) < 4.78 is 4.48. The minimum Gasteiger partial charge on any atom is -0.388 e. The van der Waals surface area contributed by atoms with E-state index in [1.807, 2.05) is 15.3 Å². The molecule has 1 saturated heterocycles. The monoisotopic (exact) mass is 347 g/mol. The number of nitrogens with zero attached hydrogens (tertiary/aromatic N) is 5. The van der Waals surface area contributed by atoms with Gasteiger partial charge in [-0.05, 0) is 30.8 Å². The molecule has 130 valence electrons. The Bertz CT molecular complexity index is 704. The van der Waals surface area contributed by atoms with Crippen molar-refractivity contribution >= 4 is 17.9 Å². The molecule has 0 aliphatic carbocycles. The molecule has 0 unspecified atom stereocenters. The molecule has 3 rings (SSSR count). The standard InChI is InChI=1S/C17H25N5OS/c1-2-8-21-16(13-23)18-22(17(21)24)14-19-9-11-20(12-10-19)15-6-4-3-5-7-15/h3-7,23H,2,8-14H2,1H3. The first kappa shape index (κ1) is 17.1. The molecular formula is C17H25N5OS. The Kier molecular flexibility index (Phi) is 5.65. The van der Waals surface area contributed by atoms with Gasteiger partial charge in [0.15, 0.2) is 10.6 Å². The molecule has 1 N–H and O–H groups in total. The predicted octanol–water partition coefficient (Wildman–Crippen LogP) is 2.10. The van der Waals surface area contributed by atoms with E-state index < -0.39 is 0 Å². The predicted molar refractivity (Wildman–Crippen MR) is 97.5 cm³/mol. The van der Waals surface area contributed by atoms with Gasteiger partial charge in [-0.3, -0.25) is 4.90 Å². The van der Waals surface area contributed by atoms with Crippen molar-refractivity contribution in [3.63, 3.8) is 0 Å². The maximum atomic E-state index is 9.49. The van der Waals surface area contributed by atoms with Gasteiger partial charge < -0.3 is 14.6 Å². The Balaban J connectivity index is 1.63. The zero-order valence-electron chi connectivity index (χ0n) is 14.1. The van der Waals surface area contributed by atoms with Crippen LogP contribution in [0.15, 0.2) is 30.3 Å². The summed E-state index contributed by atoms with van der Waals surface area (Å²) in [7, 11) is 0. The van der Waals surface area contributed by atoms with Crippen molar-refractivity contribution in [2.24, 2.45) is 0 Å². The molecule has 0 amide bonds. The number of piperazine rings is 1. The van der Waals surface area contributed by atoms with Gasteiger partial charge in [0.2, 0.25) is 0 Å². The summed E-state index contributed by atoms with van der Waals surface area (Å²) in [5.41, 5.74) is 1.28. The van der Waals surface area contributed by atoms with Crippen LogP contribution >= 0.6 is 12.2 Å². The topological polar surface area (TPSA) is 49.5 Å². The Hall–Kier alpha value is -1.70. The Labute approximate surface area is 147 Å². The van der Waals surface area contributed by atoms with Crippen LogP contribution in [0.3, 0.4) is 0 Å². The lowest BCUT2D eigenvalue weighted by Crippen LogP contribution is -2.47. The molecule has 2 aromatic rings. The number of anilines is 1. The summed E-state index contributed by atoms with van der Waals surface area (Å²) in [6.07, 6.45) is 0.975. The lowest BCUT2D eigenvalue weighted by Gasteiger charge is -2.35. The van der Waals surface area contributed by atoms with Crippen LogP contribution in [0.25, 0.3) is 0 Å². The molecule has 2 heterocycles. The molecule has 24 heavy (non-hydrogen) atoms. The van der Waals surface area contributed by atoms with Crippen molar-refractivity contribution < 1.29 is 5.11 Å². The number of benzene rings is 1. The van der Waals surface area contributed by atoms with Crippen LogP contribution < -0.4 is 4.90 Å². The number of hydrogen-bond donors (Lipinski definition) is 1. The smallest absolute Gasteiger partial charge is 0.199 e. The molecule has 0 saturated carbocycles. The molecule has 6 nitrogen and oxygen atoms in total. The Morgan fingerprint density at radius 3 is 2.46 bits per heavy atom. The van der Waals surface area contributed by atoms with Crippen molar-refractivity contribution in [3.8, 4) is 0 Å². The highest BCUT2D eigenvalue weighted by Crippen LogP contribution is 2.16. The van der Waals surface area contributed by atoms with Gasteiger partial charge in [-0.2, -0.15) is 5.10 Å². The van der Waals surface area contributed by atoms with E-state index in [1.165, 1.54) is 5.69 Å². The fraction of sp³-hybridized carbons (Fsp3) is 0.529. The van der Waals surface area contributed by atoms with Crippen LogP contribution in [0.4, 0.5) is 5.69 Å². The molecule has 0 spiro atoms. The van der Waals surface area contributed by atoms with E-state index in [4.69, 9.17) is 12.2 Å². The Morgan fingerprint density at radius 1 is 1.12 bits per heavy atom. The number of aliphatic hydroxyl groups excluding tert-OH is 1. The largest absolute Gasteiger partial charge is 0.388 e. The van der Waals surface area contributed by atoms with E-state index in [-0.39, 0.29) is 6.61 Å². The molecule has 1 fully saturated rings. The average Bonchev–Trinajstić information content (AvgIpc) is 2.92. The lowest BCUT2D eigenvalue weighted by atomic mass is 10.2. The lowest BCUT2D eigenvalue weighted by molar-refractivity contribution is 0.192. The van der Waals surface area contributed by atoms with E-state index in [9.17, 15) is 5.11 Å². The number of aromatic nitrogens is 3. The third-order valence-electron chi connectivity index (χ3n) is 4.42. The van der Waals surface area contributed by atoms with Gasteiger partial charge >= 0.3 is 0 Å². The molecular weight excluding hydrogens is 322 g/mol. The van der Waals surface area contributed by atoms with Crippen LogP contribution in [-0.4, -0.2) is 50.5 Å². The Morgan fingerprint density at radius 2 is 1.83 bits per heavy atom. The molecule has 0 bridgehead atoms. The van der Waals surface area contributed by atoms with E-state index >= 15 is 0 Å². The molecule has 0 atom stereocenters. The van der Waals surface area contributed by atoms with Crippen LogP contribution in [0.5, 0.6) is 0 Å². The van der Waals surface area contributed by atoms with Crippen LogP contribution in [-0.2, 0) is 19.8 Å². The van der Waals surface area contributed by atoms with Crippen LogP contribution in [0.1, 0.15) is 19.2 Å². The van der Waals surface area contributed by atoms with Gasteiger partial charge in [-0.15, -0.1) is 0 Å². The second kappa shape index (κ2) is 7.92. The molecule has 7 heteroatoms. The molecule has 1 aromatic carbocycles. The maximum Gasteiger partial charge on any atom is 0.199 e. The first-order valence-electron chi connectivity index (χ1n) is 8.52. The van der Waals surface area contributed by atoms with Crippen molar-refractivity contribution in [1.82, 2.24) is 19.2 Å². The zero-order valence-corrected chi connectivity index (χ0v) is 15.0. The summed E-state index contributed by atoms with van der Waals surface area (Å²) in [5, 5.41) is 14.0. The first-order valence-corrected chi connectivity index (χ1v) is 8.93. The second-order valence-electron chi connectivity index (χ2n) is 6.09. The molecule has 1 aliphatic rings. The minimum absolute atomic E-state index is 0.0710. The summed E-state index contributed by atoms with van der Waals surface area (Å²) >= 11 is 5.53. The highest BCUT2D eigenvalue weighted by molar-refractivity contribution is 7.71. The van der Waals surface area contributed by atoms with E-state index in [1.54, 1.807) is 0 Å². The summed E-state index contributed by atoms with van der Waals surface area (Å²) in [4.78, 5) is 4.77. The SMILES string of the molecule is CCCn1c(CO)nn(CN2CCN(c3ccccc3)CC2)c1=S. The quantitative estimate of drug-likeness (QED) is 0.811. The third-order valence-corrected chi connectivity index (χ3v) is 4.85. The van der Waals surface area contributed by atoms with E-state index in [0.29, 0.717) is 17.3 Å². The third kappa shape index (κ3) is 3.68. The highest BCUT2D eigenvalue weighted by atomic mass is 32.1. The summed E-state index contributed by atoms with van der Waals surface area (Å²) in [6, 6.07) is 10.5. The van der Waals surface area contributed by atoms with E-state index in [0.717, 1.165) is 39.1 Å². The number of hydrogen-bond acceptors (Lipinski definition) is 5. The van der Waals surface area contributed by atoms with Gasteiger partial charge in [0.05, 0.1) is 6.67 Å². The van der Waals surface area contributed by atoms with Gasteiger partial charge in [-0.25, -0.2) is 4.68 Å². The van der Waals surface area contributed by atoms with Gasteiger partial charge in [0, 0.05) is 38.4 Å². The molecule has 1 aliphatic heterocycles. The molecule has 1 aromatic heterocycles. The van der Waals surface area contributed by atoms with Crippen molar-refractivity contribution in [2.45, 2.75) is 33.2 Å². The van der Waals surface area contributed by atoms with E-state index in [2.05, 4.69) is 46.1 Å². The van der Waals surface area contributed by atoms with Crippen molar-refractivity contribution in [1.29, 1.82) is 0 Å². The first-order chi connectivity index (χ1) is 11.7. The maximum absolute atomic E-state index is 9.49. The van der Waals surface area contributed by atoms with Crippen LogP contribution in [0.2, 0.25) is 0 Å². The molecule has 0 radical (unpaired) electrons. The van der Waals surface area contributed by atoms with Crippen molar-refractivity contribution in [2.75, 3.05) is 31.1 Å². The number of rotatable bonds is 6. The normalized spacial score (nSPS) is 15.8. The fourth-order valence-corrected chi connectivity index (χ4v) is 3.41. The second-order valence-corrected chi connectivity index (χ2v) is 6.46. The average molecular weight is 347 g/mol. The minimum atomic E-state index is -0.0710. The summed E-state index contributed by atoms with van der Waals surface area (Å²) in [5.74, 6) is 0.657.